The van der Waals surface area contributed by atoms with Crippen molar-refractivity contribution in [1.82, 2.24) is 5.43 Å². The van der Waals surface area contributed by atoms with E-state index in [1.165, 1.54) is 13.3 Å². The average Bonchev–Trinajstić information content (AvgIpc) is 2.77. The molecule has 0 aliphatic rings. The normalized spacial score (nSPS) is 10.3. The fraction of sp³-hybridized carbons (Fsp3) is 0.217. The lowest BCUT2D eigenvalue weighted by atomic mass is 10.2. The predicted molar refractivity (Wildman–Crippen MR) is 131 cm³/mol. The lowest BCUT2D eigenvalue weighted by Crippen LogP contribution is -2.18. The molecule has 9 heteroatoms. The lowest BCUT2D eigenvalue weighted by molar-refractivity contribution is 0.0954. The van der Waals surface area contributed by atoms with E-state index in [9.17, 15) is 4.79 Å². The van der Waals surface area contributed by atoms with Crippen LogP contribution in [0.25, 0.3) is 0 Å². The maximum absolute atomic E-state index is 12.7. The highest BCUT2D eigenvalue weighted by Crippen LogP contribution is 2.36. The topological polar surface area (TPSA) is 78.4 Å². The second-order valence-corrected chi connectivity index (χ2v) is 7.75. The van der Waals surface area contributed by atoms with Gasteiger partial charge in [-0.05, 0) is 68.6 Å². The number of carbonyl (C=O) groups excluding carboxylic acids is 1. The van der Waals surface area contributed by atoms with Crippen LogP contribution in [0.3, 0.4) is 0 Å². The van der Waals surface area contributed by atoms with E-state index >= 15 is 0 Å². The van der Waals surface area contributed by atoms with Crippen LogP contribution in [-0.2, 0) is 0 Å². The summed E-state index contributed by atoms with van der Waals surface area (Å²) in [6.45, 7) is 6.31. The Morgan fingerprint density at radius 1 is 1.16 bits per heavy atom. The van der Waals surface area contributed by atoms with E-state index in [1.54, 1.807) is 30.3 Å². The van der Waals surface area contributed by atoms with Crippen LogP contribution in [0.1, 0.15) is 22.8 Å². The SMILES string of the molecule is C#CCOc1c(Br)cc(/C=N/NC(=O)c2cc(OCC)c(OCC=C)cc2Br)cc1OC. The van der Waals surface area contributed by atoms with Crippen LogP contribution in [0.2, 0.25) is 0 Å². The molecule has 0 fully saturated rings. The number of hydrazone groups is 1. The minimum atomic E-state index is -0.427. The van der Waals surface area contributed by atoms with Gasteiger partial charge in [-0.3, -0.25) is 4.79 Å². The highest BCUT2D eigenvalue weighted by Gasteiger charge is 2.16. The lowest BCUT2D eigenvalue weighted by Gasteiger charge is -2.13. The Balaban J connectivity index is 2.19. The van der Waals surface area contributed by atoms with Crippen LogP contribution in [0, 0.1) is 12.3 Å². The first-order valence-corrected chi connectivity index (χ1v) is 11.0. The standard InChI is InChI=1S/C23H22Br2N2O5/c1-5-8-31-20-13-17(24)16(12-19(20)30-7-3)23(28)27-26-14-15-10-18(25)22(32-9-6-2)21(11-15)29-4/h2,5,10-14H,1,7-9H2,3-4H3,(H,27,28)/b26-14+. The largest absolute Gasteiger partial charge is 0.493 e. The molecule has 0 aliphatic carbocycles. The summed E-state index contributed by atoms with van der Waals surface area (Å²) in [5.41, 5.74) is 3.51. The number of rotatable bonds is 11. The molecule has 0 atom stereocenters. The van der Waals surface area contributed by atoms with Crippen LogP contribution in [0.4, 0.5) is 0 Å². The molecule has 0 saturated carbocycles. The molecule has 0 unspecified atom stereocenters. The van der Waals surface area contributed by atoms with Crippen molar-refractivity contribution in [3.63, 3.8) is 0 Å². The van der Waals surface area contributed by atoms with Gasteiger partial charge in [0.25, 0.3) is 5.91 Å². The molecule has 32 heavy (non-hydrogen) atoms. The summed E-state index contributed by atoms with van der Waals surface area (Å²) in [4.78, 5) is 12.7. The van der Waals surface area contributed by atoms with E-state index in [2.05, 4.69) is 54.9 Å². The molecule has 0 bridgehead atoms. The number of nitrogens with one attached hydrogen (secondary N) is 1. The number of amides is 1. The number of carbonyl (C=O) groups is 1. The number of halogens is 2. The molecule has 0 aliphatic heterocycles. The Kier molecular flexibility index (Phi) is 10.1. The quantitative estimate of drug-likeness (QED) is 0.180. The monoisotopic (exact) mass is 564 g/mol. The third kappa shape index (κ3) is 6.77. The molecular formula is C23H22Br2N2O5. The van der Waals surface area contributed by atoms with Gasteiger partial charge in [0.2, 0.25) is 0 Å². The molecule has 0 aromatic heterocycles. The molecule has 0 saturated heterocycles. The second kappa shape index (κ2) is 12.8. The smallest absolute Gasteiger partial charge is 0.272 e. The van der Waals surface area contributed by atoms with Crippen LogP contribution in [0.5, 0.6) is 23.0 Å². The minimum Gasteiger partial charge on any atom is -0.493 e. The van der Waals surface area contributed by atoms with Crippen molar-refractivity contribution in [2.24, 2.45) is 5.10 Å². The first-order chi connectivity index (χ1) is 15.4. The van der Waals surface area contributed by atoms with E-state index in [4.69, 9.17) is 25.4 Å². The third-order valence-corrected chi connectivity index (χ3v) is 5.11. The van der Waals surface area contributed by atoms with Gasteiger partial charge in [-0.15, -0.1) is 6.42 Å². The molecule has 0 heterocycles. The van der Waals surface area contributed by atoms with Crippen molar-refractivity contribution in [2.75, 3.05) is 26.9 Å². The molecule has 0 spiro atoms. The summed E-state index contributed by atoms with van der Waals surface area (Å²) >= 11 is 6.82. The number of hydrogen-bond donors (Lipinski definition) is 1. The molecule has 1 amide bonds. The van der Waals surface area contributed by atoms with Crippen molar-refractivity contribution < 1.29 is 23.7 Å². The van der Waals surface area contributed by atoms with Gasteiger partial charge in [0.05, 0.1) is 30.0 Å². The summed E-state index contributed by atoms with van der Waals surface area (Å²) in [6.07, 6.45) is 8.35. The summed E-state index contributed by atoms with van der Waals surface area (Å²) < 4.78 is 23.2. The number of benzene rings is 2. The Morgan fingerprint density at radius 3 is 2.56 bits per heavy atom. The van der Waals surface area contributed by atoms with Gasteiger partial charge in [-0.25, -0.2) is 5.43 Å². The Bertz CT molecular complexity index is 1050. The minimum absolute atomic E-state index is 0.106. The van der Waals surface area contributed by atoms with E-state index in [0.717, 1.165) is 0 Å². The summed E-state index contributed by atoms with van der Waals surface area (Å²) in [5, 5.41) is 4.03. The van der Waals surface area contributed by atoms with Crippen molar-refractivity contribution in [3.8, 4) is 35.3 Å². The molecule has 168 valence electrons. The zero-order valence-electron chi connectivity index (χ0n) is 17.6. The van der Waals surface area contributed by atoms with E-state index < -0.39 is 5.91 Å². The van der Waals surface area contributed by atoms with Gasteiger partial charge < -0.3 is 18.9 Å². The highest BCUT2D eigenvalue weighted by atomic mass is 79.9. The van der Waals surface area contributed by atoms with Crippen molar-refractivity contribution >= 4 is 44.0 Å². The van der Waals surface area contributed by atoms with Gasteiger partial charge in [0.1, 0.15) is 13.2 Å². The Morgan fingerprint density at radius 2 is 1.91 bits per heavy atom. The molecule has 2 aromatic carbocycles. The fourth-order valence-corrected chi connectivity index (χ4v) is 3.61. The van der Waals surface area contributed by atoms with Crippen molar-refractivity contribution in [1.29, 1.82) is 0 Å². The second-order valence-electron chi connectivity index (χ2n) is 6.04. The summed E-state index contributed by atoms with van der Waals surface area (Å²) in [5.74, 6) is 3.88. The van der Waals surface area contributed by atoms with E-state index in [-0.39, 0.29) is 6.61 Å². The summed E-state index contributed by atoms with van der Waals surface area (Å²) in [6, 6.07) is 6.73. The summed E-state index contributed by atoms with van der Waals surface area (Å²) in [7, 11) is 1.52. The predicted octanol–water partition coefficient (Wildman–Crippen LogP) is 4.96. The zero-order chi connectivity index (χ0) is 23.5. The van der Waals surface area contributed by atoms with Crippen molar-refractivity contribution in [2.45, 2.75) is 6.92 Å². The van der Waals surface area contributed by atoms with Gasteiger partial charge in [-0.2, -0.15) is 5.10 Å². The number of hydrogen-bond acceptors (Lipinski definition) is 6. The first kappa shape index (κ1) is 25.3. The third-order valence-electron chi connectivity index (χ3n) is 3.87. The Labute approximate surface area is 204 Å². The molecular weight excluding hydrogens is 544 g/mol. The molecule has 7 nitrogen and oxygen atoms in total. The number of terminal acetylenes is 1. The van der Waals surface area contributed by atoms with Gasteiger partial charge >= 0.3 is 0 Å². The zero-order valence-corrected chi connectivity index (χ0v) is 20.8. The van der Waals surface area contributed by atoms with Crippen LogP contribution in [-0.4, -0.2) is 39.1 Å². The molecule has 0 radical (unpaired) electrons. The van der Waals surface area contributed by atoms with Crippen LogP contribution < -0.4 is 24.4 Å². The number of methoxy groups -OCH3 is 1. The molecule has 1 N–H and O–H groups in total. The van der Waals surface area contributed by atoms with Gasteiger partial charge in [-0.1, -0.05) is 18.6 Å². The fourth-order valence-electron chi connectivity index (χ4n) is 2.53. The maximum Gasteiger partial charge on any atom is 0.272 e. The van der Waals surface area contributed by atoms with Crippen molar-refractivity contribution in [3.05, 3.63) is 57.0 Å². The van der Waals surface area contributed by atoms with Crippen LogP contribution in [0.15, 0.2) is 51.0 Å². The van der Waals surface area contributed by atoms with Gasteiger partial charge in [0.15, 0.2) is 23.0 Å². The highest BCUT2D eigenvalue weighted by molar-refractivity contribution is 9.10. The Hall–Kier alpha value is -2.96. The molecule has 2 rings (SSSR count). The van der Waals surface area contributed by atoms with Crippen LogP contribution >= 0.6 is 31.9 Å². The number of ether oxygens (including phenoxy) is 4. The van der Waals surface area contributed by atoms with E-state index in [1.807, 2.05) is 6.92 Å². The first-order valence-electron chi connectivity index (χ1n) is 9.42. The maximum atomic E-state index is 12.7. The molecule has 2 aromatic rings. The number of nitrogens with zero attached hydrogens (tertiary/aromatic N) is 1. The van der Waals surface area contributed by atoms with Gasteiger partial charge in [0, 0.05) is 4.47 Å². The van der Waals surface area contributed by atoms with E-state index in [0.29, 0.717) is 56.3 Å². The average molecular weight is 566 g/mol.